The van der Waals surface area contributed by atoms with Crippen LogP contribution in [-0.4, -0.2) is 37.6 Å². The van der Waals surface area contributed by atoms with Crippen molar-refractivity contribution in [3.63, 3.8) is 0 Å². The monoisotopic (exact) mass is 328 g/mol. The number of hydrogen-bond acceptors (Lipinski definition) is 6. The van der Waals surface area contributed by atoms with Crippen molar-refractivity contribution < 1.29 is 23.8 Å². The fourth-order valence-corrected chi connectivity index (χ4v) is 2.35. The van der Waals surface area contributed by atoms with Crippen LogP contribution in [-0.2, 0) is 9.53 Å². The lowest BCUT2D eigenvalue weighted by Crippen LogP contribution is -2.21. The molecule has 1 aliphatic rings. The Kier molecular flexibility index (Phi) is 4.35. The Morgan fingerprint density at radius 2 is 2.17 bits per heavy atom. The minimum atomic E-state index is -0.282. The van der Waals surface area contributed by atoms with E-state index >= 15 is 0 Å². The van der Waals surface area contributed by atoms with Crippen LogP contribution in [0, 0.1) is 0 Å². The van der Waals surface area contributed by atoms with E-state index in [0.29, 0.717) is 28.3 Å². The maximum absolute atomic E-state index is 12.7. The summed E-state index contributed by atoms with van der Waals surface area (Å²) >= 11 is 0. The summed E-state index contributed by atoms with van der Waals surface area (Å²) in [5.74, 6) is 0.0745. The fourth-order valence-electron chi connectivity index (χ4n) is 2.35. The first-order valence-electron chi connectivity index (χ1n) is 7.16. The second kappa shape index (κ2) is 6.59. The number of furan rings is 1. The first kappa shape index (κ1) is 15.8. The van der Waals surface area contributed by atoms with Crippen molar-refractivity contribution in [3.8, 4) is 11.5 Å². The second-order valence-corrected chi connectivity index (χ2v) is 5.07. The number of aromatic hydroxyl groups is 1. The van der Waals surface area contributed by atoms with Gasteiger partial charge in [-0.15, -0.1) is 0 Å². The van der Waals surface area contributed by atoms with E-state index in [1.807, 2.05) is 0 Å². The van der Waals surface area contributed by atoms with Gasteiger partial charge in [0, 0.05) is 13.2 Å². The topological polar surface area (TPSA) is 84.5 Å². The summed E-state index contributed by atoms with van der Waals surface area (Å²) < 4.78 is 15.2. The van der Waals surface area contributed by atoms with Crippen molar-refractivity contribution >= 4 is 23.4 Å². The molecule has 24 heavy (non-hydrogen) atoms. The Balaban J connectivity index is 1.99. The van der Waals surface area contributed by atoms with Crippen LogP contribution in [0.4, 0.5) is 5.69 Å². The molecule has 1 amide bonds. The average molecular weight is 328 g/mol. The maximum atomic E-state index is 12.7. The SMILES string of the molecule is COCC1=NN(c2ccoc2)C(=O)/C1=C/c1ccc(O)c(OC)c1. The van der Waals surface area contributed by atoms with Crippen LogP contribution in [0.2, 0.25) is 0 Å². The number of ether oxygens (including phenoxy) is 2. The van der Waals surface area contributed by atoms with Crippen LogP contribution in [0.15, 0.2) is 51.9 Å². The lowest BCUT2D eigenvalue weighted by atomic mass is 10.1. The summed E-state index contributed by atoms with van der Waals surface area (Å²) in [6, 6.07) is 6.48. The third kappa shape index (κ3) is 2.89. The molecule has 7 nitrogen and oxygen atoms in total. The van der Waals surface area contributed by atoms with Crippen molar-refractivity contribution in [2.24, 2.45) is 5.10 Å². The molecule has 0 atom stereocenters. The predicted molar refractivity (Wildman–Crippen MR) is 88.1 cm³/mol. The van der Waals surface area contributed by atoms with Crippen LogP contribution >= 0.6 is 0 Å². The summed E-state index contributed by atoms with van der Waals surface area (Å²) in [4.78, 5) is 12.7. The van der Waals surface area contributed by atoms with Gasteiger partial charge in [0.15, 0.2) is 11.5 Å². The number of phenols is 1. The van der Waals surface area contributed by atoms with Gasteiger partial charge in [0.2, 0.25) is 0 Å². The third-order valence-electron chi connectivity index (χ3n) is 3.50. The Bertz CT molecular complexity index is 808. The summed E-state index contributed by atoms with van der Waals surface area (Å²) in [7, 11) is 3.00. The maximum Gasteiger partial charge on any atom is 0.280 e. The smallest absolute Gasteiger partial charge is 0.280 e. The number of rotatable bonds is 5. The average Bonchev–Trinajstić information content (AvgIpc) is 3.20. The van der Waals surface area contributed by atoms with Gasteiger partial charge in [-0.05, 0) is 23.8 Å². The summed E-state index contributed by atoms with van der Waals surface area (Å²) in [5, 5.41) is 15.2. The van der Waals surface area contributed by atoms with Gasteiger partial charge in [-0.2, -0.15) is 10.1 Å². The Morgan fingerprint density at radius 3 is 2.83 bits per heavy atom. The number of carbonyl (C=O) groups excluding carboxylic acids is 1. The van der Waals surface area contributed by atoms with Gasteiger partial charge in [-0.3, -0.25) is 4.79 Å². The van der Waals surface area contributed by atoms with Crippen LogP contribution in [0.3, 0.4) is 0 Å². The molecular formula is C17H16N2O5. The summed E-state index contributed by atoms with van der Waals surface area (Å²) in [5.41, 5.74) is 2.16. The van der Waals surface area contributed by atoms with Crippen molar-refractivity contribution in [3.05, 3.63) is 47.9 Å². The molecule has 0 saturated heterocycles. The largest absolute Gasteiger partial charge is 0.504 e. The number of carbonyl (C=O) groups is 1. The quantitative estimate of drug-likeness (QED) is 0.852. The zero-order valence-corrected chi connectivity index (χ0v) is 13.2. The molecule has 7 heteroatoms. The van der Waals surface area contributed by atoms with Gasteiger partial charge in [-0.25, -0.2) is 0 Å². The van der Waals surface area contributed by atoms with Crippen molar-refractivity contribution in [1.29, 1.82) is 0 Å². The number of nitrogens with zero attached hydrogens (tertiary/aromatic N) is 2. The van der Waals surface area contributed by atoms with Gasteiger partial charge in [0.1, 0.15) is 12.0 Å². The van der Waals surface area contributed by atoms with Crippen LogP contribution in [0.1, 0.15) is 5.56 Å². The van der Waals surface area contributed by atoms with E-state index < -0.39 is 0 Å². The zero-order chi connectivity index (χ0) is 17.1. The molecule has 2 heterocycles. The molecule has 0 bridgehead atoms. The molecule has 2 aromatic rings. The van der Waals surface area contributed by atoms with Gasteiger partial charge >= 0.3 is 0 Å². The molecule has 124 valence electrons. The fraction of sp³-hybridized carbons (Fsp3) is 0.176. The molecule has 0 saturated carbocycles. The van der Waals surface area contributed by atoms with E-state index in [4.69, 9.17) is 13.9 Å². The summed E-state index contributed by atoms with van der Waals surface area (Å²) in [6.07, 6.45) is 4.60. The third-order valence-corrected chi connectivity index (χ3v) is 3.50. The van der Waals surface area contributed by atoms with Crippen LogP contribution in [0.25, 0.3) is 6.08 Å². The molecule has 0 aliphatic carbocycles. The van der Waals surface area contributed by atoms with E-state index in [-0.39, 0.29) is 18.3 Å². The van der Waals surface area contributed by atoms with Gasteiger partial charge < -0.3 is 19.0 Å². The molecule has 1 aromatic carbocycles. The van der Waals surface area contributed by atoms with Crippen LogP contribution < -0.4 is 9.75 Å². The number of benzene rings is 1. The Labute approximate surface area is 138 Å². The first-order valence-corrected chi connectivity index (χ1v) is 7.16. The van der Waals surface area contributed by atoms with E-state index in [0.717, 1.165) is 0 Å². The van der Waals surface area contributed by atoms with Crippen LogP contribution in [0.5, 0.6) is 11.5 Å². The Hall–Kier alpha value is -3.06. The van der Waals surface area contributed by atoms with E-state index in [1.165, 1.54) is 37.8 Å². The number of anilines is 1. The summed E-state index contributed by atoms with van der Waals surface area (Å²) in [6.45, 7) is 0.196. The van der Waals surface area contributed by atoms with E-state index in [9.17, 15) is 9.90 Å². The highest BCUT2D eigenvalue weighted by molar-refractivity contribution is 6.33. The second-order valence-electron chi connectivity index (χ2n) is 5.07. The predicted octanol–water partition coefficient (Wildman–Crippen LogP) is 2.43. The molecule has 1 aliphatic heterocycles. The molecule has 3 rings (SSSR count). The molecule has 1 aromatic heterocycles. The minimum Gasteiger partial charge on any atom is -0.504 e. The normalized spacial score (nSPS) is 15.9. The standard InChI is InChI=1S/C17H16N2O5/c1-22-10-14-13(7-11-3-4-15(20)16(8-11)23-2)17(21)19(18-14)12-5-6-24-9-12/h3-9,20H,10H2,1-2H3/b13-7+. The van der Waals surface area contributed by atoms with Crippen molar-refractivity contribution in [1.82, 2.24) is 0 Å². The molecular weight excluding hydrogens is 312 g/mol. The number of phenolic OH excluding ortho intramolecular Hbond substituents is 1. The molecule has 1 N–H and O–H groups in total. The molecule has 0 radical (unpaired) electrons. The van der Waals surface area contributed by atoms with Gasteiger partial charge in [0.25, 0.3) is 5.91 Å². The van der Waals surface area contributed by atoms with E-state index in [1.54, 1.807) is 24.3 Å². The van der Waals surface area contributed by atoms with E-state index in [2.05, 4.69) is 5.10 Å². The molecule has 0 spiro atoms. The minimum absolute atomic E-state index is 0.0307. The van der Waals surface area contributed by atoms with Crippen molar-refractivity contribution in [2.75, 3.05) is 25.8 Å². The number of hydrazone groups is 1. The highest BCUT2D eigenvalue weighted by Crippen LogP contribution is 2.29. The van der Waals surface area contributed by atoms with Gasteiger partial charge in [-0.1, -0.05) is 6.07 Å². The Morgan fingerprint density at radius 1 is 1.33 bits per heavy atom. The van der Waals surface area contributed by atoms with Gasteiger partial charge in [0.05, 0.1) is 31.3 Å². The number of hydrogen-bond donors (Lipinski definition) is 1. The zero-order valence-electron chi connectivity index (χ0n) is 13.2. The highest BCUT2D eigenvalue weighted by Gasteiger charge is 2.31. The molecule has 0 unspecified atom stereocenters. The number of methoxy groups -OCH3 is 2. The first-order chi connectivity index (χ1) is 11.6. The number of amides is 1. The lowest BCUT2D eigenvalue weighted by Gasteiger charge is -2.08. The lowest BCUT2D eigenvalue weighted by molar-refractivity contribution is -0.114. The highest BCUT2D eigenvalue weighted by atomic mass is 16.5. The molecule has 0 fully saturated rings. The van der Waals surface area contributed by atoms with Crippen molar-refractivity contribution in [2.45, 2.75) is 0 Å².